The second kappa shape index (κ2) is 7.68. The monoisotopic (exact) mass is 455 g/mol. The van der Waals surface area contributed by atoms with Gasteiger partial charge in [-0.05, 0) is 37.3 Å². The third-order valence-electron chi connectivity index (χ3n) is 6.27. The van der Waals surface area contributed by atoms with Crippen molar-refractivity contribution in [1.29, 1.82) is 0 Å². The Morgan fingerprint density at radius 2 is 1.97 bits per heavy atom. The van der Waals surface area contributed by atoms with Crippen molar-refractivity contribution in [3.05, 3.63) is 54.2 Å². The predicted octanol–water partition coefficient (Wildman–Crippen LogP) is 3.86. The van der Waals surface area contributed by atoms with Crippen LogP contribution in [0.5, 0.6) is 5.75 Å². The smallest absolute Gasteiger partial charge is 0.218 e. The molecule has 5 aromatic heterocycles. The van der Waals surface area contributed by atoms with E-state index in [1.807, 2.05) is 60.1 Å². The molecule has 0 aliphatic heterocycles. The molecule has 0 spiro atoms. The maximum Gasteiger partial charge on any atom is 0.218 e. The number of ether oxygens (including phenoxy) is 1. The molecule has 6 rings (SSSR count). The molecule has 1 aliphatic rings. The van der Waals surface area contributed by atoms with Crippen LogP contribution in [-0.4, -0.2) is 46.0 Å². The van der Waals surface area contributed by atoms with Gasteiger partial charge in [0.05, 0.1) is 12.8 Å². The Balaban J connectivity index is 1.51. The van der Waals surface area contributed by atoms with Gasteiger partial charge in [0, 0.05) is 62.3 Å². The zero-order chi connectivity index (χ0) is 23.4. The molecular formula is C24H25N9O. The summed E-state index contributed by atoms with van der Waals surface area (Å²) in [7, 11) is 5.53. The van der Waals surface area contributed by atoms with Crippen molar-refractivity contribution >= 4 is 17.2 Å². The fourth-order valence-electron chi connectivity index (χ4n) is 4.33. The minimum absolute atomic E-state index is 0.506. The Kier molecular flexibility index (Phi) is 4.61. The van der Waals surface area contributed by atoms with Gasteiger partial charge in [-0.15, -0.1) is 5.10 Å². The van der Waals surface area contributed by atoms with Gasteiger partial charge in [-0.3, -0.25) is 4.68 Å². The summed E-state index contributed by atoms with van der Waals surface area (Å²) in [5.41, 5.74) is 4.90. The Hall–Kier alpha value is -4.21. The number of nitrogens with zero attached hydrogens (tertiary/aromatic N) is 8. The molecule has 1 fully saturated rings. The second-order valence-electron chi connectivity index (χ2n) is 8.69. The number of methoxy groups -OCH3 is 1. The zero-order valence-corrected chi connectivity index (χ0v) is 19.5. The van der Waals surface area contributed by atoms with Crippen molar-refractivity contribution in [2.24, 2.45) is 14.1 Å². The molecular weight excluding hydrogens is 430 g/mol. The molecule has 10 heteroatoms. The highest BCUT2D eigenvalue weighted by atomic mass is 16.5. The van der Waals surface area contributed by atoms with E-state index in [-0.39, 0.29) is 0 Å². The number of hydrogen-bond donors (Lipinski definition) is 1. The van der Waals surface area contributed by atoms with Crippen molar-refractivity contribution in [1.82, 2.24) is 38.9 Å². The zero-order valence-electron chi connectivity index (χ0n) is 19.5. The fraction of sp³-hybridized carbons (Fsp3) is 0.292. The average molecular weight is 456 g/mol. The topological polar surface area (TPSA) is 100.0 Å². The molecule has 0 radical (unpaired) electrons. The first-order valence-corrected chi connectivity index (χ1v) is 11.2. The molecule has 0 amide bonds. The fourth-order valence-corrected chi connectivity index (χ4v) is 4.33. The number of imidazole rings is 1. The molecule has 1 saturated carbocycles. The number of aromatic nitrogens is 8. The third kappa shape index (κ3) is 3.38. The van der Waals surface area contributed by atoms with E-state index in [2.05, 4.69) is 27.3 Å². The summed E-state index contributed by atoms with van der Waals surface area (Å²) in [6, 6.07) is 3.93. The summed E-state index contributed by atoms with van der Waals surface area (Å²) in [4.78, 5) is 14.0. The second-order valence-corrected chi connectivity index (χ2v) is 8.69. The van der Waals surface area contributed by atoms with Crippen LogP contribution in [0.15, 0.2) is 43.1 Å². The first kappa shape index (κ1) is 20.4. The largest absolute Gasteiger partial charge is 0.496 e. The maximum atomic E-state index is 5.66. The predicted molar refractivity (Wildman–Crippen MR) is 128 cm³/mol. The number of nitrogens with one attached hydrogen (secondary N) is 1. The van der Waals surface area contributed by atoms with E-state index in [4.69, 9.17) is 14.8 Å². The van der Waals surface area contributed by atoms with Crippen LogP contribution in [0.2, 0.25) is 0 Å². The first-order valence-electron chi connectivity index (χ1n) is 11.2. The molecule has 34 heavy (non-hydrogen) atoms. The van der Waals surface area contributed by atoms with Gasteiger partial charge < -0.3 is 14.6 Å². The lowest BCUT2D eigenvalue weighted by molar-refractivity contribution is 0.409. The van der Waals surface area contributed by atoms with Gasteiger partial charge in [-0.2, -0.15) is 5.10 Å². The Morgan fingerprint density at radius 3 is 2.65 bits per heavy atom. The number of pyridine rings is 1. The number of fused-ring (bicyclic) bond motifs is 1. The average Bonchev–Trinajstić information content (AvgIpc) is 3.29. The number of aryl methyl sites for hydroxylation is 3. The molecule has 0 saturated heterocycles. The van der Waals surface area contributed by atoms with Crippen LogP contribution in [0.4, 0.5) is 11.6 Å². The van der Waals surface area contributed by atoms with Gasteiger partial charge in [0.15, 0.2) is 11.6 Å². The van der Waals surface area contributed by atoms with Crippen molar-refractivity contribution in [2.45, 2.75) is 25.7 Å². The Morgan fingerprint density at radius 1 is 1.12 bits per heavy atom. The molecule has 0 bridgehead atoms. The van der Waals surface area contributed by atoms with Gasteiger partial charge in [-0.1, -0.05) is 0 Å². The highest BCUT2D eigenvalue weighted by Crippen LogP contribution is 2.44. The summed E-state index contributed by atoms with van der Waals surface area (Å²) in [5, 5.41) is 12.8. The van der Waals surface area contributed by atoms with Gasteiger partial charge >= 0.3 is 0 Å². The van der Waals surface area contributed by atoms with E-state index in [0.717, 1.165) is 33.7 Å². The number of anilines is 2. The van der Waals surface area contributed by atoms with Crippen LogP contribution >= 0.6 is 0 Å². The molecule has 0 atom stereocenters. The van der Waals surface area contributed by atoms with Crippen molar-refractivity contribution in [2.75, 3.05) is 12.4 Å². The minimum Gasteiger partial charge on any atom is -0.496 e. The van der Waals surface area contributed by atoms with Gasteiger partial charge in [0.2, 0.25) is 5.82 Å². The van der Waals surface area contributed by atoms with E-state index in [0.29, 0.717) is 29.2 Å². The molecule has 1 aliphatic carbocycles. The van der Waals surface area contributed by atoms with Crippen LogP contribution in [-0.2, 0) is 14.1 Å². The lowest BCUT2D eigenvalue weighted by atomic mass is 10.1. The Bertz CT molecular complexity index is 1520. The molecule has 10 nitrogen and oxygen atoms in total. The summed E-state index contributed by atoms with van der Waals surface area (Å²) >= 11 is 0. The lowest BCUT2D eigenvalue weighted by Crippen LogP contribution is -2.07. The molecule has 0 aromatic carbocycles. The first-order chi connectivity index (χ1) is 16.5. The van der Waals surface area contributed by atoms with E-state index >= 15 is 0 Å². The molecule has 0 unspecified atom stereocenters. The highest BCUT2D eigenvalue weighted by molar-refractivity contribution is 5.84. The molecule has 172 valence electrons. The standard InChI is InChI=1S/C24H25N9O/c1-14-17(18-7-9-32(3)29-18)13-33-21(14)22(28-23(30-33)24-25-8-10-31(24)2)27-20-11-19(34-4)16(12-26-20)15-5-6-15/h7-13,15H,5-6H2,1-4H3,(H,26,27,28,30). The number of hydrogen-bond acceptors (Lipinski definition) is 7. The van der Waals surface area contributed by atoms with Gasteiger partial charge in [-0.25, -0.2) is 19.5 Å². The van der Waals surface area contributed by atoms with Crippen LogP contribution in [0.1, 0.15) is 29.9 Å². The SMILES string of the molecule is COc1cc(Nc2nc(-c3nccn3C)nn3cc(-c4ccn(C)n4)c(C)c23)ncc1C1CC1. The quantitative estimate of drug-likeness (QED) is 0.415. The summed E-state index contributed by atoms with van der Waals surface area (Å²) in [6.07, 6.45) is 11.8. The summed E-state index contributed by atoms with van der Waals surface area (Å²) in [5.74, 6) is 3.87. The van der Waals surface area contributed by atoms with E-state index in [1.54, 1.807) is 18.0 Å². The highest BCUT2D eigenvalue weighted by Gasteiger charge is 2.27. The molecule has 5 heterocycles. The van der Waals surface area contributed by atoms with Gasteiger partial charge in [0.25, 0.3) is 0 Å². The molecule has 1 N–H and O–H groups in total. The Labute approximate surface area is 196 Å². The summed E-state index contributed by atoms with van der Waals surface area (Å²) in [6.45, 7) is 2.05. The van der Waals surface area contributed by atoms with Crippen LogP contribution in [0.25, 0.3) is 28.4 Å². The van der Waals surface area contributed by atoms with E-state index < -0.39 is 0 Å². The van der Waals surface area contributed by atoms with E-state index in [1.165, 1.54) is 12.8 Å². The number of rotatable bonds is 6. The van der Waals surface area contributed by atoms with Crippen molar-refractivity contribution in [3.63, 3.8) is 0 Å². The lowest BCUT2D eigenvalue weighted by Gasteiger charge is -2.12. The van der Waals surface area contributed by atoms with Crippen molar-refractivity contribution in [3.8, 4) is 28.7 Å². The van der Waals surface area contributed by atoms with Crippen LogP contribution in [0, 0.1) is 6.92 Å². The van der Waals surface area contributed by atoms with Gasteiger partial charge in [0.1, 0.15) is 17.1 Å². The van der Waals surface area contributed by atoms with Crippen LogP contribution < -0.4 is 10.1 Å². The van der Waals surface area contributed by atoms with Crippen molar-refractivity contribution < 1.29 is 4.74 Å². The third-order valence-corrected chi connectivity index (χ3v) is 6.27. The normalized spacial score (nSPS) is 13.5. The summed E-state index contributed by atoms with van der Waals surface area (Å²) < 4.78 is 11.2. The van der Waals surface area contributed by atoms with Crippen LogP contribution in [0.3, 0.4) is 0 Å². The maximum absolute atomic E-state index is 5.66. The minimum atomic E-state index is 0.506. The van der Waals surface area contributed by atoms with E-state index in [9.17, 15) is 0 Å². The molecule has 5 aromatic rings.